The molecule has 16 heavy (non-hydrogen) atoms. The van der Waals surface area contributed by atoms with Gasteiger partial charge >= 0.3 is 0 Å². The first kappa shape index (κ1) is 13.8. The minimum absolute atomic E-state index is 0.112. The number of rotatable bonds is 7. The van der Waals surface area contributed by atoms with Crippen LogP contribution in [0.15, 0.2) is 0 Å². The molecule has 0 saturated heterocycles. The van der Waals surface area contributed by atoms with Gasteiger partial charge in [-0.05, 0) is 18.8 Å². The molecule has 96 valence electrons. The Labute approximate surface area is 96.5 Å². The largest absolute Gasteiger partial charge is 0.375 e. The molecule has 0 aromatic rings. The second-order valence-corrected chi connectivity index (χ2v) is 4.75. The molecule has 0 bridgehead atoms. The number of nitrogens with two attached hydrogens (primary N) is 1. The number of hydrogen-bond acceptors (Lipinski definition) is 2. The second kappa shape index (κ2) is 7.96. The molecule has 1 saturated carbocycles. The van der Waals surface area contributed by atoms with E-state index in [0.717, 1.165) is 12.3 Å². The minimum Gasteiger partial charge on any atom is -0.375 e. The summed E-state index contributed by atoms with van der Waals surface area (Å²) < 4.78 is 28.4. The average molecular weight is 235 g/mol. The summed E-state index contributed by atoms with van der Waals surface area (Å²) in [5.41, 5.74) is 5.95. The highest BCUT2D eigenvalue weighted by Gasteiger charge is 2.16. The van der Waals surface area contributed by atoms with Gasteiger partial charge in [0, 0.05) is 12.6 Å². The Bertz CT molecular complexity index is 172. The molecule has 0 spiro atoms. The molecule has 0 amide bonds. The molecule has 1 fully saturated rings. The first-order valence-electron chi connectivity index (χ1n) is 6.30. The van der Waals surface area contributed by atoms with Crippen LogP contribution in [0.2, 0.25) is 0 Å². The normalized spacial score (nSPS) is 20.2. The Morgan fingerprint density at radius 2 is 1.88 bits per heavy atom. The van der Waals surface area contributed by atoms with E-state index in [1.54, 1.807) is 0 Å². The van der Waals surface area contributed by atoms with E-state index in [9.17, 15) is 8.78 Å². The summed E-state index contributed by atoms with van der Waals surface area (Å²) in [6.07, 6.45) is 5.91. The van der Waals surface area contributed by atoms with Crippen molar-refractivity contribution in [3.8, 4) is 0 Å². The highest BCUT2D eigenvalue weighted by molar-refractivity contribution is 4.72. The van der Waals surface area contributed by atoms with Crippen LogP contribution in [0.3, 0.4) is 0 Å². The first-order chi connectivity index (χ1) is 7.68. The summed E-state index contributed by atoms with van der Waals surface area (Å²) >= 11 is 0. The number of halogens is 2. The standard InChI is InChI=1S/C12H23F2NO/c13-12(14)9-16-7-6-11(15)8-10-4-2-1-3-5-10/h10-12H,1-9,15H2. The Morgan fingerprint density at radius 3 is 2.50 bits per heavy atom. The third-order valence-corrected chi connectivity index (χ3v) is 3.24. The molecule has 0 aromatic heterocycles. The molecule has 2 nitrogen and oxygen atoms in total. The molecule has 1 atom stereocenters. The molecule has 1 unspecified atom stereocenters. The Kier molecular flexibility index (Phi) is 6.88. The fourth-order valence-corrected chi connectivity index (χ4v) is 2.38. The van der Waals surface area contributed by atoms with Gasteiger partial charge in [0.1, 0.15) is 6.61 Å². The highest BCUT2D eigenvalue weighted by atomic mass is 19.3. The van der Waals surface area contributed by atoms with Crippen molar-refractivity contribution in [2.75, 3.05) is 13.2 Å². The molecular weight excluding hydrogens is 212 g/mol. The van der Waals surface area contributed by atoms with Crippen LogP contribution < -0.4 is 5.73 Å². The zero-order chi connectivity index (χ0) is 11.8. The summed E-state index contributed by atoms with van der Waals surface area (Å²) in [6, 6.07) is 0.112. The lowest BCUT2D eigenvalue weighted by Gasteiger charge is -2.24. The molecule has 1 aliphatic rings. The summed E-state index contributed by atoms with van der Waals surface area (Å²) in [7, 11) is 0. The maximum absolute atomic E-state index is 11.8. The van der Waals surface area contributed by atoms with Crippen LogP contribution in [-0.2, 0) is 4.74 Å². The molecule has 2 N–H and O–H groups in total. The second-order valence-electron chi connectivity index (χ2n) is 4.75. The maximum atomic E-state index is 11.8. The molecule has 4 heteroatoms. The van der Waals surface area contributed by atoms with Gasteiger partial charge in [-0.1, -0.05) is 32.1 Å². The number of alkyl halides is 2. The highest BCUT2D eigenvalue weighted by Crippen LogP contribution is 2.27. The summed E-state index contributed by atoms with van der Waals surface area (Å²) in [5, 5.41) is 0. The van der Waals surface area contributed by atoms with E-state index in [4.69, 9.17) is 10.5 Å². The summed E-state index contributed by atoms with van der Waals surface area (Å²) in [6.45, 7) is -0.103. The zero-order valence-electron chi connectivity index (χ0n) is 9.84. The molecular formula is C12H23F2NO. The van der Waals surface area contributed by atoms with E-state index in [-0.39, 0.29) is 6.04 Å². The number of ether oxygens (including phenoxy) is 1. The Hall–Kier alpha value is -0.220. The summed E-state index contributed by atoms with van der Waals surface area (Å²) in [4.78, 5) is 0. The predicted molar refractivity (Wildman–Crippen MR) is 60.6 cm³/mol. The Morgan fingerprint density at radius 1 is 1.19 bits per heavy atom. The summed E-state index contributed by atoms with van der Waals surface area (Å²) in [5.74, 6) is 0.749. The van der Waals surface area contributed by atoms with E-state index in [2.05, 4.69) is 0 Å². The van der Waals surface area contributed by atoms with Crippen molar-refractivity contribution in [2.24, 2.45) is 11.7 Å². The van der Waals surface area contributed by atoms with E-state index >= 15 is 0 Å². The molecule has 0 aromatic carbocycles. The monoisotopic (exact) mass is 235 g/mol. The van der Waals surface area contributed by atoms with Gasteiger partial charge in [-0.2, -0.15) is 0 Å². The van der Waals surface area contributed by atoms with Crippen LogP contribution in [0.5, 0.6) is 0 Å². The van der Waals surface area contributed by atoms with E-state index < -0.39 is 13.0 Å². The van der Waals surface area contributed by atoms with Crippen LogP contribution >= 0.6 is 0 Å². The molecule has 0 radical (unpaired) electrons. The SMILES string of the molecule is NC(CCOCC(F)F)CC1CCCCC1. The third kappa shape index (κ3) is 6.38. The van der Waals surface area contributed by atoms with Crippen molar-refractivity contribution < 1.29 is 13.5 Å². The quantitative estimate of drug-likeness (QED) is 0.688. The van der Waals surface area contributed by atoms with Crippen LogP contribution in [0.4, 0.5) is 8.78 Å². The van der Waals surface area contributed by atoms with Gasteiger partial charge in [-0.3, -0.25) is 0 Å². The van der Waals surface area contributed by atoms with Crippen LogP contribution in [0, 0.1) is 5.92 Å². The average Bonchev–Trinajstić information content (AvgIpc) is 2.25. The predicted octanol–water partition coefficient (Wildman–Crippen LogP) is 2.96. The molecule has 0 aliphatic heterocycles. The van der Waals surface area contributed by atoms with Crippen molar-refractivity contribution in [1.29, 1.82) is 0 Å². The van der Waals surface area contributed by atoms with Crippen molar-refractivity contribution in [3.63, 3.8) is 0 Å². The van der Waals surface area contributed by atoms with Gasteiger partial charge in [0.05, 0.1) is 0 Å². The molecule has 1 rings (SSSR count). The third-order valence-electron chi connectivity index (χ3n) is 3.24. The van der Waals surface area contributed by atoms with Gasteiger partial charge in [0.2, 0.25) is 0 Å². The lowest BCUT2D eigenvalue weighted by molar-refractivity contribution is 0.0146. The lowest BCUT2D eigenvalue weighted by atomic mass is 9.84. The zero-order valence-corrected chi connectivity index (χ0v) is 9.84. The fraction of sp³-hybridized carbons (Fsp3) is 1.00. The van der Waals surface area contributed by atoms with Crippen molar-refractivity contribution in [2.45, 2.75) is 57.4 Å². The topological polar surface area (TPSA) is 35.2 Å². The maximum Gasteiger partial charge on any atom is 0.261 e. The smallest absolute Gasteiger partial charge is 0.261 e. The van der Waals surface area contributed by atoms with Gasteiger partial charge in [0.25, 0.3) is 6.43 Å². The fourth-order valence-electron chi connectivity index (χ4n) is 2.38. The van der Waals surface area contributed by atoms with Crippen molar-refractivity contribution >= 4 is 0 Å². The Balaban J connectivity index is 1.99. The first-order valence-corrected chi connectivity index (χ1v) is 6.30. The van der Waals surface area contributed by atoms with Crippen molar-refractivity contribution in [1.82, 2.24) is 0 Å². The van der Waals surface area contributed by atoms with Gasteiger partial charge in [-0.25, -0.2) is 8.78 Å². The van der Waals surface area contributed by atoms with Gasteiger partial charge in [0.15, 0.2) is 0 Å². The van der Waals surface area contributed by atoms with E-state index in [1.807, 2.05) is 0 Å². The van der Waals surface area contributed by atoms with Gasteiger partial charge < -0.3 is 10.5 Å². The lowest BCUT2D eigenvalue weighted by Crippen LogP contribution is -2.26. The van der Waals surface area contributed by atoms with Crippen molar-refractivity contribution in [3.05, 3.63) is 0 Å². The van der Waals surface area contributed by atoms with Gasteiger partial charge in [-0.15, -0.1) is 0 Å². The van der Waals surface area contributed by atoms with Crippen LogP contribution in [0.25, 0.3) is 0 Å². The van der Waals surface area contributed by atoms with Crippen LogP contribution in [-0.4, -0.2) is 25.7 Å². The number of hydrogen-bond donors (Lipinski definition) is 1. The minimum atomic E-state index is -2.37. The van der Waals surface area contributed by atoms with E-state index in [1.165, 1.54) is 32.1 Å². The molecule has 1 aliphatic carbocycles. The molecule has 0 heterocycles. The van der Waals surface area contributed by atoms with E-state index in [0.29, 0.717) is 13.0 Å². The van der Waals surface area contributed by atoms with Crippen LogP contribution in [0.1, 0.15) is 44.9 Å².